The molecule has 0 spiro atoms. The highest BCUT2D eigenvalue weighted by molar-refractivity contribution is 14.0. The molecule has 0 aromatic heterocycles. The number of aliphatic imine (C=N–C) groups is 1. The number of amides is 1. The maximum atomic E-state index is 12.6. The zero-order valence-electron chi connectivity index (χ0n) is 18.9. The van der Waals surface area contributed by atoms with E-state index in [-0.39, 0.29) is 36.0 Å². The summed E-state index contributed by atoms with van der Waals surface area (Å²) < 4.78 is 10.9. The number of piperazine rings is 1. The van der Waals surface area contributed by atoms with Crippen LogP contribution in [-0.4, -0.2) is 74.2 Å². The molecule has 2 aliphatic rings. The average Bonchev–Trinajstić information content (AvgIpc) is 3.36. The number of rotatable bonds is 5. The van der Waals surface area contributed by atoms with Gasteiger partial charge >= 0.3 is 0 Å². The summed E-state index contributed by atoms with van der Waals surface area (Å²) in [6.45, 7) is 7.18. The molecule has 1 amide bonds. The summed E-state index contributed by atoms with van der Waals surface area (Å²) in [4.78, 5) is 21.6. The molecule has 7 nitrogen and oxygen atoms in total. The quantitative estimate of drug-likeness (QED) is 0.351. The number of fused-ring (bicyclic) bond motifs is 1. The predicted octanol–water partition coefficient (Wildman–Crippen LogP) is 3.26. The Morgan fingerprint density at radius 2 is 1.84 bits per heavy atom. The van der Waals surface area contributed by atoms with Crippen molar-refractivity contribution in [2.75, 3.05) is 46.4 Å². The zero-order valence-corrected chi connectivity index (χ0v) is 21.2. The molecular formula is C24H33IN4O3. The van der Waals surface area contributed by atoms with Gasteiger partial charge in [-0.25, -0.2) is 4.99 Å². The van der Waals surface area contributed by atoms with Crippen LogP contribution < -0.4 is 10.1 Å². The van der Waals surface area contributed by atoms with Crippen molar-refractivity contribution in [3.63, 3.8) is 0 Å². The fourth-order valence-corrected chi connectivity index (χ4v) is 4.21. The number of ether oxygens (including phenoxy) is 2. The molecule has 2 saturated heterocycles. The Bertz CT molecular complexity index is 938. The summed E-state index contributed by atoms with van der Waals surface area (Å²) in [6, 6.07) is 12.5. The van der Waals surface area contributed by atoms with Crippen LogP contribution in [0.25, 0.3) is 10.8 Å². The number of halogens is 1. The molecule has 2 heterocycles. The monoisotopic (exact) mass is 552 g/mol. The van der Waals surface area contributed by atoms with Gasteiger partial charge in [0.15, 0.2) is 5.96 Å². The van der Waals surface area contributed by atoms with Crippen molar-refractivity contribution in [2.45, 2.75) is 32.4 Å². The third kappa shape index (κ3) is 5.83. The molecule has 2 aromatic carbocycles. The minimum Gasteiger partial charge on any atom is -0.497 e. The van der Waals surface area contributed by atoms with Crippen LogP contribution in [0, 0.1) is 0 Å². The van der Waals surface area contributed by atoms with Crippen molar-refractivity contribution < 1.29 is 14.3 Å². The van der Waals surface area contributed by atoms with E-state index < -0.39 is 0 Å². The number of carbonyl (C=O) groups excluding carboxylic acids is 1. The molecule has 2 fully saturated rings. The van der Waals surface area contributed by atoms with E-state index in [4.69, 9.17) is 14.5 Å². The van der Waals surface area contributed by atoms with Gasteiger partial charge < -0.3 is 24.6 Å². The number of benzene rings is 2. The number of hydrogen-bond acceptors (Lipinski definition) is 4. The van der Waals surface area contributed by atoms with Gasteiger partial charge in [0, 0.05) is 39.3 Å². The Labute approximate surface area is 207 Å². The first-order valence-corrected chi connectivity index (χ1v) is 11.2. The van der Waals surface area contributed by atoms with Crippen molar-refractivity contribution in [3.8, 4) is 5.75 Å². The Morgan fingerprint density at radius 1 is 1.12 bits per heavy atom. The fourth-order valence-electron chi connectivity index (χ4n) is 4.21. The lowest BCUT2D eigenvalue weighted by Gasteiger charge is -2.37. The first-order chi connectivity index (χ1) is 15.2. The van der Waals surface area contributed by atoms with Crippen LogP contribution >= 0.6 is 24.0 Å². The third-order valence-corrected chi connectivity index (χ3v) is 5.95. The van der Waals surface area contributed by atoms with Gasteiger partial charge in [-0.1, -0.05) is 18.2 Å². The maximum Gasteiger partial charge on any atom is 0.251 e. The van der Waals surface area contributed by atoms with Crippen LogP contribution in [0.3, 0.4) is 0 Å². The van der Waals surface area contributed by atoms with Gasteiger partial charge in [-0.3, -0.25) is 4.79 Å². The second-order valence-electron chi connectivity index (χ2n) is 8.03. The molecule has 0 radical (unpaired) electrons. The fraction of sp³-hybridized carbons (Fsp3) is 0.500. The van der Waals surface area contributed by atoms with Gasteiger partial charge in [-0.05, 0) is 54.3 Å². The number of nitrogens with one attached hydrogen (secondary N) is 1. The van der Waals surface area contributed by atoms with Gasteiger partial charge in [-0.15, -0.1) is 24.0 Å². The van der Waals surface area contributed by atoms with Gasteiger partial charge in [0.25, 0.3) is 5.91 Å². The minimum absolute atomic E-state index is 0. The number of methoxy groups -OCH3 is 1. The maximum absolute atomic E-state index is 12.6. The number of hydrogen-bond donors (Lipinski definition) is 1. The molecule has 32 heavy (non-hydrogen) atoms. The SMILES string of the molecule is CCNC(=NCc1ccc2cc(OC)ccc2c1)N1CCN(C(=O)C2CCCO2)CC1.I. The molecule has 2 aliphatic heterocycles. The first-order valence-electron chi connectivity index (χ1n) is 11.2. The van der Waals surface area contributed by atoms with Crippen molar-refractivity contribution >= 4 is 46.6 Å². The lowest BCUT2D eigenvalue weighted by molar-refractivity contribution is -0.142. The molecule has 8 heteroatoms. The lowest BCUT2D eigenvalue weighted by Crippen LogP contribution is -2.55. The third-order valence-electron chi connectivity index (χ3n) is 5.95. The number of nitrogens with zero attached hydrogens (tertiary/aromatic N) is 3. The lowest BCUT2D eigenvalue weighted by atomic mass is 10.1. The molecule has 0 aliphatic carbocycles. The van der Waals surface area contributed by atoms with Crippen molar-refractivity contribution in [1.29, 1.82) is 0 Å². The Kier molecular flexibility index (Phi) is 8.98. The highest BCUT2D eigenvalue weighted by Gasteiger charge is 2.30. The van der Waals surface area contributed by atoms with E-state index >= 15 is 0 Å². The van der Waals surface area contributed by atoms with Gasteiger partial charge in [0.2, 0.25) is 0 Å². The van der Waals surface area contributed by atoms with E-state index in [0.29, 0.717) is 26.2 Å². The van der Waals surface area contributed by atoms with E-state index in [1.54, 1.807) is 7.11 Å². The highest BCUT2D eigenvalue weighted by atomic mass is 127. The zero-order chi connectivity index (χ0) is 21.6. The largest absolute Gasteiger partial charge is 0.497 e. The smallest absolute Gasteiger partial charge is 0.251 e. The Hall–Kier alpha value is -2.07. The van der Waals surface area contributed by atoms with Crippen molar-refractivity contribution in [1.82, 2.24) is 15.1 Å². The summed E-state index contributed by atoms with van der Waals surface area (Å²) >= 11 is 0. The second-order valence-corrected chi connectivity index (χ2v) is 8.03. The van der Waals surface area contributed by atoms with Crippen molar-refractivity contribution in [2.24, 2.45) is 4.99 Å². The van der Waals surface area contributed by atoms with E-state index in [9.17, 15) is 4.79 Å². The standard InChI is InChI=1S/C24H32N4O3.HI/c1-3-25-24(28-12-10-27(11-13-28)23(29)22-5-4-14-31-22)26-17-18-6-7-20-16-21(30-2)9-8-19(20)15-18;/h6-9,15-16,22H,3-5,10-14,17H2,1-2H3,(H,25,26);1H. The van der Waals surface area contributed by atoms with Crippen LogP contribution in [0.2, 0.25) is 0 Å². The predicted molar refractivity (Wildman–Crippen MR) is 138 cm³/mol. The average molecular weight is 552 g/mol. The first kappa shape index (κ1) is 24.6. The molecule has 4 rings (SSSR count). The van der Waals surface area contributed by atoms with Gasteiger partial charge in [0.1, 0.15) is 11.9 Å². The molecule has 0 saturated carbocycles. The Balaban J connectivity index is 0.00000289. The van der Waals surface area contributed by atoms with Crippen LogP contribution in [0.5, 0.6) is 5.75 Å². The van der Waals surface area contributed by atoms with E-state index in [1.807, 2.05) is 17.0 Å². The summed E-state index contributed by atoms with van der Waals surface area (Å²) in [5.74, 6) is 1.92. The van der Waals surface area contributed by atoms with E-state index in [1.165, 1.54) is 10.9 Å². The summed E-state index contributed by atoms with van der Waals surface area (Å²) in [7, 11) is 1.69. The summed E-state index contributed by atoms with van der Waals surface area (Å²) in [5, 5.41) is 5.74. The Morgan fingerprint density at radius 3 is 2.53 bits per heavy atom. The molecule has 174 valence electrons. The molecule has 0 bridgehead atoms. The second kappa shape index (κ2) is 11.7. The summed E-state index contributed by atoms with van der Waals surface area (Å²) in [6.07, 6.45) is 1.60. The van der Waals surface area contributed by atoms with Crippen LogP contribution in [0.1, 0.15) is 25.3 Å². The molecular weight excluding hydrogens is 519 g/mol. The number of carbonyl (C=O) groups is 1. The summed E-state index contributed by atoms with van der Waals surface area (Å²) in [5.41, 5.74) is 1.17. The topological polar surface area (TPSA) is 66.4 Å². The molecule has 2 aromatic rings. The van der Waals surface area contributed by atoms with E-state index in [2.05, 4.69) is 41.4 Å². The minimum atomic E-state index is -0.235. The molecule has 1 atom stereocenters. The highest BCUT2D eigenvalue weighted by Crippen LogP contribution is 2.22. The van der Waals surface area contributed by atoms with E-state index in [0.717, 1.165) is 49.6 Å². The number of guanidine groups is 1. The van der Waals surface area contributed by atoms with Gasteiger partial charge in [-0.2, -0.15) is 0 Å². The van der Waals surface area contributed by atoms with Crippen LogP contribution in [0.4, 0.5) is 0 Å². The van der Waals surface area contributed by atoms with Crippen LogP contribution in [0.15, 0.2) is 41.4 Å². The molecule has 1 N–H and O–H groups in total. The van der Waals surface area contributed by atoms with Gasteiger partial charge in [0.05, 0.1) is 13.7 Å². The van der Waals surface area contributed by atoms with Crippen molar-refractivity contribution in [3.05, 3.63) is 42.0 Å². The van der Waals surface area contributed by atoms with Crippen LogP contribution in [-0.2, 0) is 16.1 Å². The molecule has 1 unspecified atom stereocenters. The normalized spacial score (nSPS) is 19.1.